The molecule has 0 radical (unpaired) electrons. The number of halogens is 1. The van der Waals surface area contributed by atoms with Crippen LogP contribution >= 0.6 is 15.9 Å². The third-order valence-corrected chi connectivity index (χ3v) is 4.17. The summed E-state index contributed by atoms with van der Waals surface area (Å²) in [5.74, 6) is -0.586. The molecule has 0 bridgehead atoms. The van der Waals surface area contributed by atoms with Crippen molar-refractivity contribution >= 4 is 27.8 Å². The first-order valence-corrected chi connectivity index (χ1v) is 8.08. The molecule has 5 heteroatoms. The fourth-order valence-electron chi connectivity index (χ4n) is 2.45. The number of benzene rings is 1. The van der Waals surface area contributed by atoms with Crippen LogP contribution < -0.4 is 5.32 Å². The van der Waals surface area contributed by atoms with Gasteiger partial charge in [0.1, 0.15) is 0 Å². The minimum absolute atomic E-state index is 0.175. The zero-order valence-electron chi connectivity index (χ0n) is 12.1. The van der Waals surface area contributed by atoms with Crippen molar-refractivity contribution < 1.29 is 14.3 Å². The van der Waals surface area contributed by atoms with E-state index in [1.807, 2.05) is 24.3 Å². The molecule has 1 unspecified atom stereocenters. The standard InChI is InChI=1S/C16H20BrNO3/c1-11(16(20)18-14-4-2-3-5-14)21-15(19)10-12-6-8-13(17)9-7-12/h6-9,11,14H,2-5,10H2,1H3,(H,18,20). The third kappa shape index (κ3) is 5.16. The van der Waals surface area contributed by atoms with Gasteiger partial charge < -0.3 is 10.1 Å². The smallest absolute Gasteiger partial charge is 0.311 e. The first kappa shape index (κ1) is 16.0. The van der Waals surface area contributed by atoms with Crippen LogP contribution in [0.4, 0.5) is 0 Å². The summed E-state index contributed by atoms with van der Waals surface area (Å²) in [6.07, 6.45) is 3.78. The third-order valence-electron chi connectivity index (χ3n) is 3.64. The molecule has 21 heavy (non-hydrogen) atoms. The van der Waals surface area contributed by atoms with E-state index in [1.165, 1.54) is 0 Å². The maximum absolute atomic E-state index is 11.9. The highest BCUT2D eigenvalue weighted by Gasteiger charge is 2.22. The van der Waals surface area contributed by atoms with E-state index >= 15 is 0 Å². The second-order valence-corrected chi connectivity index (χ2v) is 6.34. The summed E-state index contributed by atoms with van der Waals surface area (Å²) in [7, 11) is 0. The molecular weight excluding hydrogens is 334 g/mol. The minimum atomic E-state index is -0.742. The molecule has 1 N–H and O–H groups in total. The van der Waals surface area contributed by atoms with Gasteiger partial charge in [0.05, 0.1) is 6.42 Å². The number of amides is 1. The first-order valence-electron chi connectivity index (χ1n) is 7.29. The first-order chi connectivity index (χ1) is 10.0. The Morgan fingerprint density at radius 2 is 1.90 bits per heavy atom. The van der Waals surface area contributed by atoms with Gasteiger partial charge in [-0.3, -0.25) is 9.59 Å². The van der Waals surface area contributed by atoms with Gasteiger partial charge >= 0.3 is 5.97 Å². The molecule has 1 saturated carbocycles. The number of carbonyl (C=O) groups excluding carboxylic acids is 2. The number of hydrogen-bond acceptors (Lipinski definition) is 3. The molecule has 0 saturated heterocycles. The van der Waals surface area contributed by atoms with Gasteiger partial charge in [-0.15, -0.1) is 0 Å². The molecule has 1 amide bonds. The van der Waals surface area contributed by atoms with Gasteiger partial charge in [0.25, 0.3) is 5.91 Å². The number of carbonyl (C=O) groups is 2. The SMILES string of the molecule is CC(OC(=O)Cc1ccc(Br)cc1)C(=O)NC1CCCC1. The van der Waals surface area contributed by atoms with Crippen LogP contribution in [-0.2, 0) is 20.7 Å². The summed E-state index contributed by atoms with van der Waals surface area (Å²) in [6, 6.07) is 7.70. The predicted molar refractivity (Wildman–Crippen MR) is 83.8 cm³/mol. The van der Waals surface area contributed by atoms with Crippen LogP contribution in [0.15, 0.2) is 28.7 Å². The highest BCUT2D eigenvalue weighted by atomic mass is 79.9. The Balaban J connectivity index is 1.78. The maximum Gasteiger partial charge on any atom is 0.311 e. The zero-order valence-corrected chi connectivity index (χ0v) is 13.7. The van der Waals surface area contributed by atoms with Crippen LogP contribution in [0.1, 0.15) is 38.2 Å². The van der Waals surface area contributed by atoms with Crippen LogP contribution in [0.3, 0.4) is 0 Å². The van der Waals surface area contributed by atoms with Gasteiger partial charge in [-0.2, -0.15) is 0 Å². The predicted octanol–water partition coefficient (Wildman–Crippen LogP) is 2.98. The molecule has 0 spiro atoms. The van der Waals surface area contributed by atoms with Crippen molar-refractivity contribution in [1.82, 2.24) is 5.32 Å². The van der Waals surface area contributed by atoms with E-state index in [0.717, 1.165) is 35.7 Å². The van der Waals surface area contributed by atoms with Gasteiger partial charge in [0.15, 0.2) is 6.10 Å². The van der Waals surface area contributed by atoms with Crippen molar-refractivity contribution in [3.63, 3.8) is 0 Å². The molecular formula is C16H20BrNO3. The Labute approximate surface area is 133 Å². The van der Waals surface area contributed by atoms with E-state index in [1.54, 1.807) is 6.92 Å². The van der Waals surface area contributed by atoms with E-state index in [0.29, 0.717) is 0 Å². The highest BCUT2D eigenvalue weighted by molar-refractivity contribution is 9.10. The molecule has 114 valence electrons. The van der Waals surface area contributed by atoms with Crippen molar-refractivity contribution in [2.75, 3.05) is 0 Å². The van der Waals surface area contributed by atoms with Gasteiger partial charge in [-0.1, -0.05) is 40.9 Å². The lowest BCUT2D eigenvalue weighted by atomic mass is 10.1. The quantitative estimate of drug-likeness (QED) is 0.827. The Kier molecular flexibility index (Phi) is 5.79. The average Bonchev–Trinajstić information content (AvgIpc) is 2.94. The number of ether oxygens (including phenoxy) is 1. The normalized spacial score (nSPS) is 16.5. The Morgan fingerprint density at radius 3 is 2.52 bits per heavy atom. The Morgan fingerprint density at radius 1 is 1.29 bits per heavy atom. The molecule has 1 aliphatic rings. The van der Waals surface area contributed by atoms with Crippen molar-refractivity contribution in [2.45, 2.75) is 51.2 Å². The van der Waals surface area contributed by atoms with Crippen molar-refractivity contribution in [3.05, 3.63) is 34.3 Å². The van der Waals surface area contributed by atoms with E-state index in [-0.39, 0.29) is 24.3 Å². The number of rotatable bonds is 5. The summed E-state index contributed by atoms with van der Waals surface area (Å²) in [5.41, 5.74) is 0.867. The lowest BCUT2D eigenvalue weighted by molar-refractivity contribution is -0.154. The molecule has 1 atom stereocenters. The van der Waals surface area contributed by atoms with Gasteiger partial charge in [-0.25, -0.2) is 0 Å². The second kappa shape index (κ2) is 7.59. The number of nitrogens with one attached hydrogen (secondary N) is 1. The second-order valence-electron chi connectivity index (χ2n) is 5.43. The number of hydrogen-bond donors (Lipinski definition) is 1. The monoisotopic (exact) mass is 353 g/mol. The molecule has 1 aromatic carbocycles. The molecule has 2 rings (SSSR count). The summed E-state index contributed by atoms with van der Waals surface area (Å²) in [5, 5.41) is 2.93. The van der Waals surface area contributed by atoms with Crippen molar-refractivity contribution in [1.29, 1.82) is 0 Å². The molecule has 1 aliphatic carbocycles. The summed E-state index contributed by atoms with van der Waals surface area (Å²) in [4.78, 5) is 23.8. The van der Waals surface area contributed by atoms with Crippen LogP contribution in [0.25, 0.3) is 0 Å². The topological polar surface area (TPSA) is 55.4 Å². The van der Waals surface area contributed by atoms with E-state index in [4.69, 9.17) is 4.74 Å². The average molecular weight is 354 g/mol. The minimum Gasteiger partial charge on any atom is -0.452 e. The lowest BCUT2D eigenvalue weighted by Gasteiger charge is -2.17. The largest absolute Gasteiger partial charge is 0.452 e. The van der Waals surface area contributed by atoms with Crippen molar-refractivity contribution in [2.24, 2.45) is 0 Å². The molecule has 1 fully saturated rings. The highest BCUT2D eigenvalue weighted by Crippen LogP contribution is 2.18. The van der Waals surface area contributed by atoms with Crippen molar-refractivity contribution in [3.8, 4) is 0 Å². The van der Waals surface area contributed by atoms with Crippen LogP contribution in [-0.4, -0.2) is 24.0 Å². The van der Waals surface area contributed by atoms with E-state index < -0.39 is 6.10 Å². The molecule has 0 aromatic heterocycles. The summed E-state index contributed by atoms with van der Waals surface area (Å²) < 4.78 is 6.16. The fourth-order valence-corrected chi connectivity index (χ4v) is 2.71. The van der Waals surface area contributed by atoms with Crippen LogP contribution in [0.5, 0.6) is 0 Å². The molecule has 0 aliphatic heterocycles. The van der Waals surface area contributed by atoms with E-state index in [9.17, 15) is 9.59 Å². The van der Waals surface area contributed by atoms with Crippen LogP contribution in [0.2, 0.25) is 0 Å². The van der Waals surface area contributed by atoms with Crippen LogP contribution in [0, 0.1) is 0 Å². The zero-order chi connectivity index (χ0) is 15.2. The molecule has 1 aromatic rings. The Hall–Kier alpha value is -1.36. The van der Waals surface area contributed by atoms with Gasteiger partial charge in [-0.05, 0) is 37.5 Å². The fraction of sp³-hybridized carbons (Fsp3) is 0.500. The number of esters is 1. The summed E-state index contributed by atoms with van der Waals surface area (Å²) in [6.45, 7) is 1.61. The lowest BCUT2D eigenvalue weighted by Crippen LogP contribution is -2.41. The van der Waals surface area contributed by atoms with E-state index in [2.05, 4.69) is 21.2 Å². The van der Waals surface area contributed by atoms with Gasteiger partial charge in [0.2, 0.25) is 0 Å². The molecule has 0 heterocycles. The summed E-state index contributed by atoms with van der Waals surface area (Å²) >= 11 is 3.34. The maximum atomic E-state index is 11.9. The molecule has 4 nitrogen and oxygen atoms in total. The Bertz CT molecular complexity index is 495. The van der Waals surface area contributed by atoms with Gasteiger partial charge in [0, 0.05) is 10.5 Å².